The van der Waals surface area contributed by atoms with Gasteiger partial charge in [0.15, 0.2) is 0 Å². The number of hydrogen-bond donors (Lipinski definition) is 0. The zero-order valence-corrected chi connectivity index (χ0v) is 30.3. The van der Waals surface area contributed by atoms with E-state index >= 15 is 0 Å². The maximum absolute atomic E-state index is 6.49. The molecule has 13 rings (SSSR count). The number of pyridine rings is 1. The van der Waals surface area contributed by atoms with Crippen LogP contribution in [0.15, 0.2) is 193 Å². The third-order valence-electron chi connectivity index (χ3n) is 12.7. The molecule has 0 saturated carbocycles. The zero-order valence-electron chi connectivity index (χ0n) is 30.3. The average Bonchev–Trinajstić information content (AvgIpc) is 3.88. The average molecular weight is 710 g/mol. The van der Waals surface area contributed by atoms with Gasteiger partial charge >= 0.3 is 0 Å². The van der Waals surface area contributed by atoms with Crippen LogP contribution in [0.4, 0.5) is 0 Å². The van der Waals surface area contributed by atoms with Gasteiger partial charge in [-0.15, -0.1) is 0 Å². The summed E-state index contributed by atoms with van der Waals surface area (Å²) in [7, 11) is 0. The van der Waals surface area contributed by atoms with Crippen molar-refractivity contribution in [2.75, 3.05) is 0 Å². The first-order chi connectivity index (χ1) is 27.8. The van der Waals surface area contributed by atoms with Crippen LogP contribution in [-0.4, -0.2) is 4.98 Å². The Morgan fingerprint density at radius 3 is 1.80 bits per heavy atom. The fourth-order valence-electron chi connectivity index (χ4n) is 10.5. The van der Waals surface area contributed by atoms with Crippen LogP contribution >= 0.6 is 0 Å². The second-order valence-corrected chi connectivity index (χ2v) is 15.3. The number of benzene rings is 9. The minimum atomic E-state index is -0.554. The van der Waals surface area contributed by atoms with Gasteiger partial charge in [-0.2, -0.15) is 0 Å². The summed E-state index contributed by atoms with van der Waals surface area (Å²) in [6, 6.07) is 67.0. The van der Waals surface area contributed by atoms with Gasteiger partial charge in [-0.3, -0.25) is 4.98 Å². The molecule has 56 heavy (non-hydrogen) atoms. The predicted molar refractivity (Wildman–Crippen MR) is 231 cm³/mol. The van der Waals surface area contributed by atoms with Crippen LogP contribution in [0.1, 0.15) is 22.3 Å². The Kier molecular flexibility index (Phi) is 5.86. The molecule has 0 N–H and O–H groups in total. The molecule has 11 aromatic rings. The normalized spacial score (nSPS) is 15.2. The second-order valence-electron chi connectivity index (χ2n) is 15.3. The molecule has 0 bridgehead atoms. The zero-order chi connectivity index (χ0) is 36.5. The van der Waals surface area contributed by atoms with Crippen molar-refractivity contribution in [1.82, 2.24) is 4.98 Å². The molecule has 258 valence electrons. The van der Waals surface area contributed by atoms with E-state index in [9.17, 15) is 0 Å². The number of nitrogens with zero attached hydrogens (tertiary/aromatic N) is 1. The lowest BCUT2D eigenvalue weighted by molar-refractivity contribution is 0.669. The standard InChI is InChI=1S/C54H31NO/c1-2-15-34-32(13-1)14-11-22-37(34)52-40-20-5-3-18-38(40)51(39-19-4-6-21-41(39)52)33-26-27-42-47(29-33)54(46-24-12-28-55-53(42)46)45-23-9-7-16-35(45)43-31-50-44(30-48(43)54)36-17-8-10-25-49(36)56-50/h1-31H. The number of furan rings is 1. The van der Waals surface area contributed by atoms with E-state index in [1.807, 2.05) is 12.3 Å². The summed E-state index contributed by atoms with van der Waals surface area (Å²) in [5, 5.41) is 9.79. The van der Waals surface area contributed by atoms with E-state index in [0.717, 1.165) is 27.6 Å². The summed E-state index contributed by atoms with van der Waals surface area (Å²) in [6.07, 6.45) is 1.94. The molecule has 1 unspecified atom stereocenters. The van der Waals surface area contributed by atoms with Crippen molar-refractivity contribution in [2.24, 2.45) is 0 Å². The van der Waals surface area contributed by atoms with Crippen LogP contribution in [-0.2, 0) is 5.41 Å². The molecule has 0 radical (unpaired) electrons. The van der Waals surface area contributed by atoms with Crippen molar-refractivity contribution in [3.05, 3.63) is 210 Å². The molecule has 0 saturated heterocycles. The predicted octanol–water partition coefficient (Wildman–Crippen LogP) is 14.1. The molecule has 2 aliphatic rings. The van der Waals surface area contributed by atoms with Gasteiger partial charge in [0.25, 0.3) is 0 Å². The van der Waals surface area contributed by atoms with Crippen LogP contribution in [0.25, 0.3) is 98.9 Å². The lowest BCUT2D eigenvalue weighted by atomic mass is 9.70. The molecule has 2 aliphatic carbocycles. The summed E-state index contributed by atoms with van der Waals surface area (Å²) >= 11 is 0. The summed E-state index contributed by atoms with van der Waals surface area (Å²) in [6.45, 7) is 0. The largest absolute Gasteiger partial charge is 0.456 e. The summed E-state index contributed by atoms with van der Waals surface area (Å²) in [5.74, 6) is 0. The van der Waals surface area contributed by atoms with Crippen LogP contribution in [0.3, 0.4) is 0 Å². The van der Waals surface area contributed by atoms with E-state index in [1.165, 1.54) is 93.5 Å². The third-order valence-corrected chi connectivity index (χ3v) is 12.7. The van der Waals surface area contributed by atoms with E-state index in [1.54, 1.807) is 0 Å². The highest BCUT2D eigenvalue weighted by Crippen LogP contribution is 2.63. The van der Waals surface area contributed by atoms with Gasteiger partial charge in [0.05, 0.1) is 11.1 Å². The molecule has 1 atom stereocenters. The smallest absolute Gasteiger partial charge is 0.136 e. The number of para-hydroxylation sites is 1. The third kappa shape index (κ3) is 3.73. The molecule has 1 spiro atoms. The van der Waals surface area contributed by atoms with E-state index in [2.05, 4.69) is 176 Å². The SMILES string of the molecule is c1ccc2c(c1)-c1cc3oc4ccccc4c3cc1C21c2cc(-c3c4ccccc4c(-c4cccc5ccccc45)c4ccccc34)ccc2-c2ncccc21. The van der Waals surface area contributed by atoms with Crippen LogP contribution < -0.4 is 0 Å². The maximum atomic E-state index is 6.49. The highest BCUT2D eigenvalue weighted by atomic mass is 16.3. The highest BCUT2D eigenvalue weighted by Gasteiger charge is 2.52. The maximum Gasteiger partial charge on any atom is 0.136 e. The van der Waals surface area contributed by atoms with Crippen molar-refractivity contribution in [2.45, 2.75) is 5.41 Å². The first-order valence-electron chi connectivity index (χ1n) is 19.4. The van der Waals surface area contributed by atoms with Crippen LogP contribution in [0.2, 0.25) is 0 Å². The molecule has 9 aromatic carbocycles. The summed E-state index contributed by atoms with van der Waals surface area (Å²) in [5.41, 5.74) is 16.0. The molecule has 2 aromatic heterocycles. The molecule has 0 amide bonds. The quantitative estimate of drug-likeness (QED) is 0.167. The lowest BCUT2D eigenvalue weighted by Gasteiger charge is -2.30. The Balaban J connectivity index is 1.14. The van der Waals surface area contributed by atoms with E-state index in [4.69, 9.17) is 9.40 Å². The molecule has 2 heterocycles. The minimum absolute atomic E-state index is 0.554. The van der Waals surface area contributed by atoms with E-state index in [0.29, 0.717) is 0 Å². The fourth-order valence-corrected chi connectivity index (χ4v) is 10.5. The molecule has 0 aliphatic heterocycles. The van der Waals surface area contributed by atoms with Crippen molar-refractivity contribution in [3.63, 3.8) is 0 Å². The van der Waals surface area contributed by atoms with Crippen molar-refractivity contribution < 1.29 is 4.42 Å². The van der Waals surface area contributed by atoms with Gasteiger partial charge in [-0.05, 0) is 118 Å². The van der Waals surface area contributed by atoms with Crippen molar-refractivity contribution >= 4 is 54.3 Å². The molecule has 2 heteroatoms. The van der Waals surface area contributed by atoms with Crippen LogP contribution in [0, 0.1) is 0 Å². The topological polar surface area (TPSA) is 26.0 Å². The molecule has 0 fully saturated rings. The highest BCUT2D eigenvalue weighted by molar-refractivity contribution is 6.23. The van der Waals surface area contributed by atoms with Crippen molar-refractivity contribution in [1.29, 1.82) is 0 Å². The van der Waals surface area contributed by atoms with Gasteiger partial charge in [0, 0.05) is 22.5 Å². The minimum Gasteiger partial charge on any atom is -0.456 e. The van der Waals surface area contributed by atoms with Gasteiger partial charge in [0.2, 0.25) is 0 Å². The van der Waals surface area contributed by atoms with Crippen molar-refractivity contribution in [3.8, 4) is 44.6 Å². The van der Waals surface area contributed by atoms with E-state index in [-0.39, 0.29) is 0 Å². The Bertz CT molecular complexity index is 3430. The Labute approximate surface area is 322 Å². The number of aromatic nitrogens is 1. The summed E-state index contributed by atoms with van der Waals surface area (Å²) in [4.78, 5) is 5.12. The monoisotopic (exact) mass is 709 g/mol. The molecule has 2 nitrogen and oxygen atoms in total. The Morgan fingerprint density at radius 2 is 0.982 bits per heavy atom. The number of hydrogen-bond acceptors (Lipinski definition) is 2. The molecular weight excluding hydrogens is 679 g/mol. The van der Waals surface area contributed by atoms with Crippen LogP contribution in [0.5, 0.6) is 0 Å². The molecular formula is C54H31NO. The van der Waals surface area contributed by atoms with E-state index < -0.39 is 5.41 Å². The number of fused-ring (bicyclic) bond motifs is 16. The van der Waals surface area contributed by atoms with Gasteiger partial charge in [0.1, 0.15) is 11.2 Å². The van der Waals surface area contributed by atoms with Gasteiger partial charge < -0.3 is 4.42 Å². The Hall–Kier alpha value is -7.29. The lowest BCUT2D eigenvalue weighted by Crippen LogP contribution is -2.26. The second kappa shape index (κ2) is 10.9. The summed E-state index contributed by atoms with van der Waals surface area (Å²) < 4.78 is 6.49. The van der Waals surface area contributed by atoms with Gasteiger partial charge in [-0.1, -0.05) is 152 Å². The van der Waals surface area contributed by atoms with Gasteiger partial charge in [-0.25, -0.2) is 0 Å². The first-order valence-corrected chi connectivity index (χ1v) is 19.4. The number of rotatable bonds is 2. The fraction of sp³-hybridized carbons (Fsp3) is 0.0185. The first kappa shape index (κ1) is 30.1. The Morgan fingerprint density at radius 1 is 0.357 bits per heavy atom.